The first-order chi connectivity index (χ1) is 12.7. The SMILES string of the molecule is COc1ccc(NC(=O)c2ccc(Nc3cccc(C#N)c3)cn2)cc1. The molecule has 6 nitrogen and oxygen atoms in total. The Hall–Kier alpha value is -3.85. The second kappa shape index (κ2) is 7.81. The molecule has 0 fully saturated rings. The van der Waals surface area contributed by atoms with Crippen molar-refractivity contribution in [3.8, 4) is 11.8 Å². The molecule has 1 heterocycles. The van der Waals surface area contributed by atoms with E-state index in [-0.39, 0.29) is 5.91 Å². The summed E-state index contributed by atoms with van der Waals surface area (Å²) in [5, 5.41) is 14.9. The minimum Gasteiger partial charge on any atom is -0.497 e. The molecule has 0 radical (unpaired) electrons. The van der Waals surface area contributed by atoms with Crippen LogP contribution in [-0.2, 0) is 0 Å². The maximum absolute atomic E-state index is 12.3. The lowest BCUT2D eigenvalue weighted by Crippen LogP contribution is -2.13. The van der Waals surface area contributed by atoms with Gasteiger partial charge in [0.05, 0.1) is 30.6 Å². The summed E-state index contributed by atoms with van der Waals surface area (Å²) in [6.45, 7) is 0. The average molecular weight is 344 g/mol. The maximum atomic E-state index is 12.3. The van der Waals surface area contributed by atoms with Gasteiger partial charge in [0.15, 0.2) is 0 Å². The fraction of sp³-hybridized carbons (Fsp3) is 0.0500. The minimum atomic E-state index is -0.298. The van der Waals surface area contributed by atoms with Gasteiger partial charge < -0.3 is 15.4 Å². The summed E-state index contributed by atoms with van der Waals surface area (Å²) in [4.78, 5) is 16.4. The van der Waals surface area contributed by atoms with E-state index in [1.807, 2.05) is 6.07 Å². The molecular formula is C20H16N4O2. The van der Waals surface area contributed by atoms with E-state index >= 15 is 0 Å². The fourth-order valence-electron chi connectivity index (χ4n) is 2.30. The Labute approximate surface area is 151 Å². The van der Waals surface area contributed by atoms with Gasteiger partial charge in [-0.05, 0) is 54.6 Å². The third-order valence-corrected chi connectivity index (χ3v) is 3.62. The Morgan fingerprint density at radius 1 is 1.04 bits per heavy atom. The first kappa shape index (κ1) is 17.0. The number of nitrogens with one attached hydrogen (secondary N) is 2. The quantitative estimate of drug-likeness (QED) is 0.731. The van der Waals surface area contributed by atoms with Crippen LogP contribution in [0.2, 0.25) is 0 Å². The predicted octanol–water partition coefficient (Wildman–Crippen LogP) is 3.96. The summed E-state index contributed by atoms with van der Waals surface area (Å²) in [7, 11) is 1.59. The number of rotatable bonds is 5. The summed E-state index contributed by atoms with van der Waals surface area (Å²) in [6, 6.07) is 19.7. The number of ether oxygens (including phenoxy) is 1. The Morgan fingerprint density at radius 3 is 2.46 bits per heavy atom. The molecule has 26 heavy (non-hydrogen) atoms. The van der Waals surface area contributed by atoms with E-state index in [0.29, 0.717) is 16.9 Å². The summed E-state index contributed by atoms with van der Waals surface area (Å²) in [6.07, 6.45) is 1.57. The minimum absolute atomic E-state index is 0.298. The van der Waals surface area contributed by atoms with Crippen molar-refractivity contribution in [3.63, 3.8) is 0 Å². The van der Waals surface area contributed by atoms with E-state index in [2.05, 4.69) is 21.7 Å². The molecule has 128 valence electrons. The van der Waals surface area contributed by atoms with E-state index < -0.39 is 0 Å². The Kier molecular flexibility index (Phi) is 5.11. The van der Waals surface area contributed by atoms with Gasteiger partial charge in [-0.25, -0.2) is 4.98 Å². The van der Waals surface area contributed by atoms with E-state index in [4.69, 9.17) is 10.00 Å². The molecule has 0 aliphatic carbocycles. The summed E-state index contributed by atoms with van der Waals surface area (Å²) in [5.74, 6) is 0.421. The van der Waals surface area contributed by atoms with Crippen molar-refractivity contribution in [1.82, 2.24) is 4.98 Å². The van der Waals surface area contributed by atoms with E-state index in [9.17, 15) is 4.79 Å². The molecule has 0 aliphatic heterocycles. The van der Waals surface area contributed by atoms with Crippen LogP contribution in [0.5, 0.6) is 5.75 Å². The number of amides is 1. The van der Waals surface area contributed by atoms with Crippen LogP contribution in [0.15, 0.2) is 66.9 Å². The van der Waals surface area contributed by atoms with Gasteiger partial charge in [0.25, 0.3) is 5.91 Å². The number of aromatic nitrogens is 1. The van der Waals surface area contributed by atoms with Crippen LogP contribution < -0.4 is 15.4 Å². The van der Waals surface area contributed by atoms with Crippen LogP contribution in [-0.4, -0.2) is 18.0 Å². The molecule has 2 N–H and O–H groups in total. The Balaban J connectivity index is 1.66. The molecule has 0 atom stereocenters. The molecule has 3 rings (SSSR count). The smallest absolute Gasteiger partial charge is 0.274 e. The van der Waals surface area contributed by atoms with Crippen molar-refractivity contribution in [1.29, 1.82) is 5.26 Å². The molecule has 0 bridgehead atoms. The van der Waals surface area contributed by atoms with Gasteiger partial charge in [-0.1, -0.05) is 6.07 Å². The number of anilines is 3. The summed E-state index contributed by atoms with van der Waals surface area (Å²) in [5.41, 5.74) is 3.03. The fourth-order valence-corrected chi connectivity index (χ4v) is 2.30. The number of pyridine rings is 1. The molecule has 6 heteroatoms. The Bertz CT molecular complexity index is 945. The Morgan fingerprint density at radius 2 is 1.81 bits per heavy atom. The third kappa shape index (κ3) is 4.16. The molecule has 3 aromatic rings. The van der Waals surface area contributed by atoms with Crippen LogP contribution in [0.1, 0.15) is 16.1 Å². The van der Waals surface area contributed by atoms with Crippen molar-refractivity contribution in [3.05, 3.63) is 78.1 Å². The largest absolute Gasteiger partial charge is 0.497 e. The van der Waals surface area contributed by atoms with Crippen LogP contribution in [0.4, 0.5) is 17.1 Å². The second-order valence-electron chi connectivity index (χ2n) is 5.43. The molecule has 0 unspecified atom stereocenters. The highest BCUT2D eigenvalue weighted by Crippen LogP contribution is 2.18. The van der Waals surface area contributed by atoms with Gasteiger partial charge in [0.2, 0.25) is 0 Å². The number of carbonyl (C=O) groups is 1. The van der Waals surface area contributed by atoms with E-state index in [1.54, 1.807) is 67.9 Å². The molecule has 1 amide bonds. The number of nitriles is 1. The standard InChI is InChI=1S/C20H16N4O2/c1-26-18-8-5-15(6-9-18)24-20(25)19-10-7-17(13-22-19)23-16-4-2-3-14(11-16)12-21/h2-11,13,23H,1H3,(H,24,25). The highest BCUT2D eigenvalue weighted by molar-refractivity contribution is 6.03. The highest BCUT2D eigenvalue weighted by atomic mass is 16.5. The van der Waals surface area contributed by atoms with Crippen LogP contribution >= 0.6 is 0 Å². The zero-order valence-electron chi connectivity index (χ0n) is 14.1. The van der Waals surface area contributed by atoms with Crippen LogP contribution in [0, 0.1) is 11.3 Å². The second-order valence-corrected chi connectivity index (χ2v) is 5.43. The zero-order chi connectivity index (χ0) is 18.4. The molecule has 0 saturated carbocycles. The van der Waals surface area contributed by atoms with Crippen LogP contribution in [0.25, 0.3) is 0 Å². The van der Waals surface area contributed by atoms with Gasteiger partial charge in [-0.2, -0.15) is 5.26 Å². The number of methoxy groups -OCH3 is 1. The summed E-state index contributed by atoms with van der Waals surface area (Å²) >= 11 is 0. The molecular weight excluding hydrogens is 328 g/mol. The first-order valence-corrected chi connectivity index (χ1v) is 7.86. The van der Waals surface area contributed by atoms with Gasteiger partial charge in [-0.15, -0.1) is 0 Å². The van der Waals surface area contributed by atoms with Crippen molar-refractivity contribution in [2.45, 2.75) is 0 Å². The molecule has 0 saturated heterocycles. The maximum Gasteiger partial charge on any atom is 0.274 e. The number of hydrogen-bond acceptors (Lipinski definition) is 5. The summed E-state index contributed by atoms with van der Waals surface area (Å²) < 4.78 is 5.09. The van der Waals surface area contributed by atoms with E-state index in [0.717, 1.165) is 17.1 Å². The van der Waals surface area contributed by atoms with E-state index in [1.165, 1.54) is 0 Å². The van der Waals surface area contributed by atoms with Crippen molar-refractivity contribution < 1.29 is 9.53 Å². The van der Waals surface area contributed by atoms with Crippen molar-refractivity contribution in [2.24, 2.45) is 0 Å². The highest BCUT2D eigenvalue weighted by Gasteiger charge is 2.08. The molecule has 0 aliphatic rings. The van der Waals surface area contributed by atoms with Gasteiger partial charge in [-0.3, -0.25) is 4.79 Å². The normalized spacial score (nSPS) is 9.85. The number of nitrogens with zero attached hydrogens (tertiary/aromatic N) is 2. The van der Waals surface area contributed by atoms with Gasteiger partial charge >= 0.3 is 0 Å². The van der Waals surface area contributed by atoms with Crippen molar-refractivity contribution in [2.75, 3.05) is 17.7 Å². The molecule has 0 spiro atoms. The lowest BCUT2D eigenvalue weighted by molar-refractivity contribution is 0.102. The molecule has 1 aromatic heterocycles. The lowest BCUT2D eigenvalue weighted by atomic mass is 10.2. The predicted molar refractivity (Wildman–Crippen MR) is 99.6 cm³/mol. The average Bonchev–Trinajstić information content (AvgIpc) is 2.69. The lowest BCUT2D eigenvalue weighted by Gasteiger charge is -2.08. The monoisotopic (exact) mass is 344 g/mol. The first-order valence-electron chi connectivity index (χ1n) is 7.86. The third-order valence-electron chi connectivity index (χ3n) is 3.62. The van der Waals surface area contributed by atoms with Gasteiger partial charge in [0.1, 0.15) is 11.4 Å². The molecule has 2 aromatic carbocycles. The van der Waals surface area contributed by atoms with Gasteiger partial charge in [0, 0.05) is 11.4 Å². The zero-order valence-corrected chi connectivity index (χ0v) is 14.1. The topological polar surface area (TPSA) is 87.0 Å². The number of hydrogen-bond donors (Lipinski definition) is 2. The van der Waals surface area contributed by atoms with Crippen LogP contribution in [0.3, 0.4) is 0 Å². The number of benzene rings is 2. The van der Waals surface area contributed by atoms with Crippen molar-refractivity contribution >= 4 is 23.0 Å². The number of carbonyl (C=O) groups excluding carboxylic acids is 1.